The van der Waals surface area contributed by atoms with Gasteiger partial charge in [-0.1, -0.05) is 36.9 Å². The van der Waals surface area contributed by atoms with Gasteiger partial charge in [0.15, 0.2) is 17.3 Å². The molecule has 98 valence electrons. The third kappa shape index (κ3) is 1.60. The topological polar surface area (TPSA) is 45.8 Å². The number of hydrogen-bond donors (Lipinski definition) is 0. The fraction of sp³-hybridized carbons (Fsp3) is 0.133. The van der Waals surface area contributed by atoms with E-state index in [-0.39, 0.29) is 0 Å². The Morgan fingerprint density at radius 1 is 1.20 bits per heavy atom. The lowest BCUT2D eigenvalue weighted by Gasteiger charge is -2.19. The lowest BCUT2D eigenvalue weighted by Crippen LogP contribution is -2.28. The van der Waals surface area contributed by atoms with Crippen LogP contribution in [-0.2, 0) is 6.54 Å². The summed E-state index contributed by atoms with van der Waals surface area (Å²) >= 11 is 0. The van der Waals surface area contributed by atoms with Crippen molar-refractivity contribution in [1.82, 2.24) is 14.5 Å². The summed E-state index contributed by atoms with van der Waals surface area (Å²) in [5, 5.41) is 0. The number of benzene rings is 1. The predicted molar refractivity (Wildman–Crippen MR) is 78.3 cm³/mol. The molecule has 5 heteroatoms. The molecule has 4 rings (SSSR count). The van der Waals surface area contributed by atoms with Crippen molar-refractivity contribution >= 4 is 18.0 Å². The minimum absolute atomic E-state index is 0.617. The fourth-order valence-corrected chi connectivity index (χ4v) is 2.47. The second-order valence-electron chi connectivity index (χ2n) is 4.85. The first kappa shape index (κ1) is 11.2. The predicted octanol–water partition coefficient (Wildman–Crippen LogP) is 2.18. The molecule has 3 heterocycles. The van der Waals surface area contributed by atoms with Crippen molar-refractivity contribution in [3.05, 3.63) is 60.2 Å². The van der Waals surface area contributed by atoms with Gasteiger partial charge in [0.05, 0.1) is 19.4 Å². The first-order chi connectivity index (χ1) is 9.83. The molecule has 1 aromatic carbocycles. The van der Waals surface area contributed by atoms with E-state index in [4.69, 9.17) is 0 Å². The molecule has 0 N–H and O–H groups in total. The zero-order valence-electron chi connectivity index (χ0n) is 10.9. The summed E-state index contributed by atoms with van der Waals surface area (Å²) < 4.78 is 2.04. The third-order valence-electron chi connectivity index (χ3n) is 3.49. The summed E-state index contributed by atoms with van der Waals surface area (Å²) in [7, 11) is 0. The van der Waals surface area contributed by atoms with Crippen molar-refractivity contribution in [1.29, 1.82) is 0 Å². The van der Waals surface area contributed by atoms with Crippen molar-refractivity contribution in [3.63, 3.8) is 0 Å². The Bertz CT molecular complexity index is 739. The lowest BCUT2D eigenvalue weighted by molar-refractivity contribution is 0.775. The van der Waals surface area contributed by atoms with Crippen LogP contribution in [0, 0.1) is 0 Å². The Kier molecular flexibility index (Phi) is 2.32. The van der Waals surface area contributed by atoms with Gasteiger partial charge in [0, 0.05) is 5.70 Å². The molecule has 0 aliphatic carbocycles. The number of amidine groups is 1. The molecule has 0 spiro atoms. The molecule has 0 atom stereocenters. The molecule has 2 aromatic rings. The van der Waals surface area contributed by atoms with Crippen LogP contribution >= 0.6 is 0 Å². The summed E-state index contributed by atoms with van der Waals surface area (Å²) in [6.07, 6.45) is 3.60. The van der Waals surface area contributed by atoms with Gasteiger partial charge in [-0.25, -0.2) is 9.98 Å². The Balaban J connectivity index is 1.72. The number of aromatic nitrogens is 2. The second-order valence-corrected chi connectivity index (χ2v) is 4.85. The summed E-state index contributed by atoms with van der Waals surface area (Å²) in [4.78, 5) is 15.3. The Morgan fingerprint density at radius 3 is 2.90 bits per heavy atom. The number of nitrogens with zero attached hydrogens (tertiary/aromatic N) is 5. The zero-order valence-corrected chi connectivity index (χ0v) is 10.9. The average molecular weight is 263 g/mol. The summed E-state index contributed by atoms with van der Waals surface area (Å²) in [6, 6.07) is 10.3. The van der Waals surface area contributed by atoms with Crippen LogP contribution in [0.1, 0.15) is 11.3 Å². The van der Waals surface area contributed by atoms with Gasteiger partial charge in [0.2, 0.25) is 0 Å². The molecule has 0 saturated heterocycles. The van der Waals surface area contributed by atoms with Gasteiger partial charge < -0.3 is 4.57 Å². The highest BCUT2D eigenvalue weighted by Gasteiger charge is 2.29. The molecular formula is C15H13N5. The molecular weight excluding hydrogens is 250 g/mol. The minimum atomic E-state index is 0.617. The maximum Gasteiger partial charge on any atom is 0.165 e. The van der Waals surface area contributed by atoms with Gasteiger partial charge in [-0.05, 0) is 5.56 Å². The molecule has 20 heavy (non-hydrogen) atoms. The number of rotatable bonds is 2. The van der Waals surface area contributed by atoms with E-state index in [1.165, 1.54) is 5.56 Å². The highest BCUT2D eigenvalue weighted by Crippen LogP contribution is 2.28. The van der Waals surface area contributed by atoms with Gasteiger partial charge in [-0.3, -0.25) is 9.89 Å². The van der Waals surface area contributed by atoms with Crippen molar-refractivity contribution in [2.75, 3.05) is 6.54 Å². The molecule has 0 amide bonds. The second kappa shape index (κ2) is 4.16. The molecule has 2 aliphatic rings. The van der Waals surface area contributed by atoms with E-state index in [1.54, 1.807) is 6.34 Å². The minimum Gasteiger partial charge on any atom is -0.311 e. The van der Waals surface area contributed by atoms with E-state index in [0.29, 0.717) is 6.54 Å². The highest BCUT2D eigenvalue weighted by molar-refractivity contribution is 6.11. The standard InChI is InChI=1S/C15H13N5/c1-11-7-16-15-13-14(18-10-20(11)15)19(9-17-13)8-12-5-3-2-4-6-12/h2-6,9-10H,1,7-8H2. The van der Waals surface area contributed by atoms with Crippen LogP contribution in [0.3, 0.4) is 0 Å². The maximum atomic E-state index is 4.50. The Labute approximate surface area is 116 Å². The molecule has 1 aromatic heterocycles. The van der Waals surface area contributed by atoms with Crippen LogP contribution < -0.4 is 0 Å². The monoisotopic (exact) mass is 263 g/mol. The summed E-state index contributed by atoms with van der Waals surface area (Å²) in [6.45, 7) is 5.35. The fourth-order valence-electron chi connectivity index (χ4n) is 2.47. The van der Waals surface area contributed by atoms with Gasteiger partial charge >= 0.3 is 0 Å². The number of aliphatic imine (C=N–C) groups is 2. The van der Waals surface area contributed by atoms with E-state index in [2.05, 4.69) is 33.7 Å². The quantitative estimate of drug-likeness (QED) is 0.833. The molecule has 0 bridgehead atoms. The number of hydrogen-bond acceptors (Lipinski definition) is 4. The average Bonchev–Trinajstić information content (AvgIpc) is 3.05. The van der Waals surface area contributed by atoms with Gasteiger partial charge in [-0.2, -0.15) is 0 Å². The molecule has 0 radical (unpaired) electrons. The van der Waals surface area contributed by atoms with Crippen LogP contribution in [0.15, 0.2) is 58.9 Å². The van der Waals surface area contributed by atoms with Crippen molar-refractivity contribution in [2.24, 2.45) is 9.98 Å². The van der Waals surface area contributed by atoms with Gasteiger partial charge in [0.1, 0.15) is 6.34 Å². The number of imidazole rings is 1. The smallest absolute Gasteiger partial charge is 0.165 e. The zero-order chi connectivity index (χ0) is 13.5. The molecule has 5 nitrogen and oxygen atoms in total. The molecule has 0 saturated carbocycles. The Morgan fingerprint density at radius 2 is 2.05 bits per heavy atom. The van der Waals surface area contributed by atoms with E-state index in [9.17, 15) is 0 Å². The Hall–Kier alpha value is -2.69. The molecule has 0 fully saturated rings. The van der Waals surface area contributed by atoms with Crippen LogP contribution in [0.5, 0.6) is 0 Å². The van der Waals surface area contributed by atoms with Crippen LogP contribution in [-0.4, -0.2) is 33.2 Å². The highest BCUT2D eigenvalue weighted by atomic mass is 15.3. The van der Waals surface area contributed by atoms with Crippen molar-refractivity contribution in [2.45, 2.75) is 6.54 Å². The molecule has 0 unspecified atom stereocenters. The third-order valence-corrected chi connectivity index (χ3v) is 3.49. The van der Waals surface area contributed by atoms with E-state index < -0.39 is 0 Å². The van der Waals surface area contributed by atoms with E-state index >= 15 is 0 Å². The normalized spacial score (nSPS) is 16.1. The van der Waals surface area contributed by atoms with Gasteiger partial charge in [0.25, 0.3) is 0 Å². The van der Waals surface area contributed by atoms with Crippen LogP contribution in [0.2, 0.25) is 0 Å². The first-order valence-electron chi connectivity index (χ1n) is 6.48. The van der Waals surface area contributed by atoms with Crippen molar-refractivity contribution in [3.8, 4) is 0 Å². The molecule has 2 aliphatic heterocycles. The van der Waals surface area contributed by atoms with E-state index in [1.807, 2.05) is 34.0 Å². The summed E-state index contributed by atoms with van der Waals surface area (Å²) in [5.41, 5.74) is 3.00. The van der Waals surface area contributed by atoms with Crippen LogP contribution in [0.4, 0.5) is 5.82 Å². The lowest BCUT2D eigenvalue weighted by atomic mass is 10.2. The summed E-state index contributed by atoms with van der Waals surface area (Å²) in [5.74, 6) is 1.71. The van der Waals surface area contributed by atoms with E-state index in [0.717, 1.165) is 29.6 Å². The maximum absolute atomic E-state index is 4.50. The van der Waals surface area contributed by atoms with Gasteiger partial charge in [-0.15, -0.1) is 0 Å². The largest absolute Gasteiger partial charge is 0.311 e. The SMILES string of the molecule is C=C1CN=C2c3ncn(Cc4ccccc4)c3N=CN12. The van der Waals surface area contributed by atoms with Crippen molar-refractivity contribution < 1.29 is 0 Å². The van der Waals surface area contributed by atoms with Crippen LogP contribution in [0.25, 0.3) is 0 Å². The first-order valence-corrected chi connectivity index (χ1v) is 6.48. The number of fused-ring (bicyclic) bond motifs is 3.